The molecule has 126 valence electrons. The molecule has 0 aliphatic rings. The Morgan fingerprint density at radius 2 is 1.68 bits per heavy atom. The zero-order valence-corrected chi connectivity index (χ0v) is 15.3. The van der Waals surface area contributed by atoms with Crippen LogP contribution in [0.2, 0.25) is 0 Å². The van der Waals surface area contributed by atoms with Crippen LogP contribution in [0.3, 0.4) is 0 Å². The van der Waals surface area contributed by atoms with Crippen molar-refractivity contribution in [1.82, 2.24) is 9.97 Å². The van der Waals surface area contributed by atoms with E-state index in [1.54, 1.807) is 23.5 Å². The number of hydrogen-bond acceptors (Lipinski definition) is 7. The number of hydrogen-bond donors (Lipinski definition) is 1. The Morgan fingerprint density at radius 3 is 2.32 bits per heavy atom. The van der Waals surface area contributed by atoms with E-state index in [0.717, 1.165) is 37.1 Å². The van der Waals surface area contributed by atoms with E-state index in [1.807, 2.05) is 6.07 Å². The third kappa shape index (κ3) is 3.08. The average Bonchev–Trinajstić information content (AvgIpc) is 3.22. The van der Waals surface area contributed by atoms with Crippen LogP contribution in [0, 0.1) is 0 Å². The van der Waals surface area contributed by atoms with Gasteiger partial charge < -0.3 is 10.1 Å². The van der Waals surface area contributed by atoms with E-state index in [-0.39, 0.29) is 5.97 Å². The highest BCUT2D eigenvalue weighted by atomic mass is 32.1. The summed E-state index contributed by atoms with van der Waals surface area (Å²) in [6.45, 7) is 2.14. The van der Waals surface area contributed by atoms with Crippen LogP contribution >= 0.6 is 22.7 Å². The van der Waals surface area contributed by atoms with E-state index in [1.165, 1.54) is 24.0 Å². The highest BCUT2D eigenvalue weighted by Crippen LogP contribution is 2.33. The van der Waals surface area contributed by atoms with E-state index >= 15 is 0 Å². The topological polar surface area (TPSA) is 64.1 Å². The number of fused-ring (bicyclic) bond motifs is 2. The molecule has 4 rings (SSSR count). The van der Waals surface area contributed by atoms with Crippen molar-refractivity contribution >= 4 is 59.3 Å². The Bertz CT molecular complexity index is 1080. The van der Waals surface area contributed by atoms with Gasteiger partial charge in [-0.3, -0.25) is 0 Å². The van der Waals surface area contributed by atoms with Crippen molar-refractivity contribution in [2.24, 2.45) is 0 Å². The summed E-state index contributed by atoms with van der Waals surface area (Å²) in [7, 11) is 1.38. The number of methoxy groups -OCH3 is 1. The Balaban J connectivity index is 1.64. The number of nitrogens with zero attached hydrogens (tertiary/aromatic N) is 2. The molecule has 0 saturated carbocycles. The van der Waals surface area contributed by atoms with Crippen molar-refractivity contribution < 1.29 is 9.53 Å². The Hall–Kier alpha value is -2.51. The molecule has 0 atom stereocenters. The van der Waals surface area contributed by atoms with E-state index in [0.29, 0.717) is 5.56 Å². The van der Waals surface area contributed by atoms with Gasteiger partial charge in [-0.1, -0.05) is 35.7 Å². The van der Waals surface area contributed by atoms with Crippen molar-refractivity contribution in [1.29, 1.82) is 0 Å². The fourth-order valence-electron chi connectivity index (χ4n) is 2.56. The Labute approximate surface area is 152 Å². The van der Waals surface area contributed by atoms with Gasteiger partial charge in [0.25, 0.3) is 0 Å². The number of aromatic nitrogens is 2. The number of anilines is 2. The second-order valence-electron chi connectivity index (χ2n) is 5.49. The van der Waals surface area contributed by atoms with Crippen LogP contribution in [0.15, 0.2) is 36.4 Å². The Kier molecular flexibility index (Phi) is 4.10. The molecule has 5 nitrogen and oxygen atoms in total. The minimum absolute atomic E-state index is 0.345. The molecule has 0 radical (unpaired) electrons. The lowest BCUT2D eigenvalue weighted by Gasteiger charge is -1.97. The molecule has 0 unspecified atom stereocenters. The Morgan fingerprint density at radius 1 is 1.04 bits per heavy atom. The standard InChI is InChI=1S/C18H15N3O2S2/c1-3-10-4-6-12-14(8-10)24-17(19-12)21-18-20-13-7-5-11(16(22)23-2)9-15(13)25-18/h4-9H,3H2,1-2H3,(H,19,20,21). The second-order valence-corrected chi connectivity index (χ2v) is 7.55. The molecule has 25 heavy (non-hydrogen) atoms. The third-order valence-electron chi connectivity index (χ3n) is 3.88. The second kappa shape index (κ2) is 6.42. The molecule has 2 heterocycles. The summed E-state index contributed by atoms with van der Waals surface area (Å²) in [5.74, 6) is -0.345. The minimum atomic E-state index is -0.345. The van der Waals surface area contributed by atoms with Crippen LogP contribution < -0.4 is 5.32 Å². The molecular weight excluding hydrogens is 354 g/mol. The van der Waals surface area contributed by atoms with E-state index in [4.69, 9.17) is 4.74 Å². The first-order valence-corrected chi connectivity index (χ1v) is 9.45. The van der Waals surface area contributed by atoms with E-state index < -0.39 is 0 Å². The fourth-order valence-corrected chi connectivity index (χ4v) is 4.45. The smallest absolute Gasteiger partial charge is 0.337 e. The van der Waals surface area contributed by atoms with Gasteiger partial charge >= 0.3 is 5.97 Å². The number of benzene rings is 2. The number of ether oxygens (including phenoxy) is 1. The number of rotatable bonds is 4. The predicted octanol–water partition coefficient (Wildman–Crippen LogP) is 5.00. The summed E-state index contributed by atoms with van der Waals surface area (Å²) >= 11 is 3.10. The molecule has 2 aromatic heterocycles. The molecule has 2 aromatic carbocycles. The molecule has 0 saturated heterocycles. The van der Waals surface area contributed by atoms with Crippen LogP contribution in [-0.2, 0) is 11.2 Å². The van der Waals surface area contributed by atoms with Gasteiger partial charge in [0.1, 0.15) is 0 Å². The molecule has 0 bridgehead atoms. The van der Waals surface area contributed by atoms with Gasteiger partial charge in [-0.15, -0.1) is 0 Å². The number of carbonyl (C=O) groups excluding carboxylic acids is 1. The minimum Gasteiger partial charge on any atom is -0.465 e. The van der Waals surface area contributed by atoms with Crippen LogP contribution in [0.5, 0.6) is 0 Å². The van der Waals surface area contributed by atoms with Crippen LogP contribution in [0.4, 0.5) is 10.3 Å². The van der Waals surface area contributed by atoms with Gasteiger partial charge in [0, 0.05) is 0 Å². The molecule has 4 aromatic rings. The van der Waals surface area contributed by atoms with E-state index in [9.17, 15) is 4.79 Å². The summed E-state index contributed by atoms with van der Waals surface area (Å²) < 4.78 is 6.85. The van der Waals surface area contributed by atoms with Crippen molar-refractivity contribution in [2.45, 2.75) is 13.3 Å². The first-order chi connectivity index (χ1) is 12.2. The lowest BCUT2D eigenvalue weighted by atomic mass is 10.2. The number of carbonyl (C=O) groups is 1. The summed E-state index contributed by atoms with van der Waals surface area (Å²) in [4.78, 5) is 20.8. The van der Waals surface area contributed by atoms with Crippen molar-refractivity contribution in [2.75, 3.05) is 12.4 Å². The maximum absolute atomic E-state index is 11.6. The summed E-state index contributed by atoms with van der Waals surface area (Å²) in [6.07, 6.45) is 1.01. The molecule has 0 fully saturated rings. The van der Waals surface area contributed by atoms with Gasteiger partial charge in [-0.25, -0.2) is 14.8 Å². The molecule has 7 heteroatoms. The zero-order chi connectivity index (χ0) is 17.4. The predicted molar refractivity (Wildman–Crippen MR) is 103 cm³/mol. The molecule has 0 spiro atoms. The zero-order valence-electron chi connectivity index (χ0n) is 13.7. The maximum atomic E-state index is 11.6. The van der Waals surface area contributed by atoms with Gasteiger partial charge in [-0.05, 0) is 42.3 Å². The number of esters is 1. The third-order valence-corrected chi connectivity index (χ3v) is 5.75. The fraction of sp³-hybridized carbons (Fsp3) is 0.167. The normalized spacial score (nSPS) is 11.1. The lowest BCUT2D eigenvalue weighted by Crippen LogP contribution is -1.99. The quantitative estimate of drug-likeness (QED) is 0.513. The van der Waals surface area contributed by atoms with E-state index in [2.05, 4.69) is 40.4 Å². The molecule has 1 N–H and O–H groups in total. The van der Waals surface area contributed by atoms with Gasteiger partial charge in [0.05, 0.1) is 33.1 Å². The number of nitrogens with one attached hydrogen (secondary N) is 1. The monoisotopic (exact) mass is 369 g/mol. The summed E-state index contributed by atoms with van der Waals surface area (Å²) in [6, 6.07) is 11.7. The average molecular weight is 369 g/mol. The lowest BCUT2D eigenvalue weighted by molar-refractivity contribution is 0.0601. The van der Waals surface area contributed by atoms with Gasteiger partial charge in [0.15, 0.2) is 10.3 Å². The number of aryl methyl sites for hydroxylation is 1. The largest absolute Gasteiger partial charge is 0.465 e. The van der Waals surface area contributed by atoms with Gasteiger partial charge in [0.2, 0.25) is 0 Å². The number of thiazole rings is 2. The molecular formula is C18H15N3O2S2. The highest BCUT2D eigenvalue weighted by Gasteiger charge is 2.11. The van der Waals surface area contributed by atoms with Crippen LogP contribution in [0.25, 0.3) is 20.4 Å². The first kappa shape index (κ1) is 16.0. The van der Waals surface area contributed by atoms with Gasteiger partial charge in [-0.2, -0.15) is 0 Å². The molecule has 0 aliphatic carbocycles. The maximum Gasteiger partial charge on any atom is 0.337 e. The summed E-state index contributed by atoms with van der Waals surface area (Å²) in [5.41, 5.74) is 3.66. The van der Waals surface area contributed by atoms with Crippen molar-refractivity contribution in [3.8, 4) is 0 Å². The first-order valence-electron chi connectivity index (χ1n) is 7.81. The molecule has 0 aliphatic heterocycles. The summed E-state index contributed by atoms with van der Waals surface area (Å²) in [5, 5.41) is 4.85. The SMILES string of the molecule is CCc1ccc2nc(Nc3nc4ccc(C(=O)OC)cc4s3)sc2c1. The highest BCUT2D eigenvalue weighted by molar-refractivity contribution is 7.24. The van der Waals surface area contributed by atoms with Crippen LogP contribution in [0.1, 0.15) is 22.8 Å². The van der Waals surface area contributed by atoms with Crippen LogP contribution in [-0.4, -0.2) is 23.0 Å². The van der Waals surface area contributed by atoms with Crippen molar-refractivity contribution in [3.05, 3.63) is 47.5 Å². The van der Waals surface area contributed by atoms with Crippen molar-refractivity contribution in [3.63, 3.8) is 0 Å². The molecule has 0 amide bonds.